The van der Waals surface area contributed by atoms with Crippen LogP contribution in [0.15, 0.2) is 0 Å². The molecule has 0 amide bonds. The van der Waals surface area contributed by atoms with Crippen molar-refractivity contribution in [2.24, 2.45) is 23.3 Å². The van der Waals surface area contributed by atoms with Gasteiger partial charge in [0.05, 0.1) is 0 Å². The van der Waals surface area contributed by atoms with Gasteiger partial charge in [0.2, 0.25) is 0 Å². The number of nitrogens with two attached hydrogens (primary N) is 2. The molecule has 0 saturated heterocycles. The first kappa shape index (κ1) is 7.56. The average molecular weight is 153 g/mol. The van der Waals surface area contributed by atoms with Crippen molar-refractivity contribution >= 4 is 0 Å². The third-order valence-electron chi connectivity index (χ3n) is 3.24. The summed E-state index contributed by atoms with van der Waals surface area (Å²) in [5.41, 5.74) is 11.6. The first-order valence-corrected chi connectivity index (χ1v) is 4.64. The molecule has 63 valence electrons. The summed E-state index contributed by atoms with van der Waals surface area (Å²) in [4.78, 5) is 0. The Labute approximate surface area is 68.3 Å². The Morgan fingerprint density at radius 2 is 2.00 bits per heavy atom. The summed E-state index contributed by atoms with van der Waals surface area (Å²) in [6, 6.07) is 1.73. The van der Waals surface area contributed by atoms with E-state index in [1.54, 1.807) is 0 Å². The zero-order chi connectivity index (χ0) is 7.84. The number of hydrogen-bond donors (Lipinski definition) is 2. The molecule has 0 aromatic carbocycles. The van der Waals surface area contributed by atoms with E-state index in [1.165, 1.54) is 31.7 Å². The van der Waals surface area contributed by atoms with Gasteiger partial charge in [-0.15, -0.1) is 0 Å². The molecule has 1 atom stereocenters. The molecule has 2 aliphatic rings. The van der Waals surface area contributed by atoms with E-state index in [9.17, 15) is 0 Å². The third kappa shape index (κ3) is 1.30. The highest BCUT2D eigenvalue weighted by Crippen LogP contribution is 2.43. The fraction of sp³-hybridized carbons (Fsp3) is 0.889. The summed E-state index contributed by atoms with van der Waals surface area (Å²) in [6.07, 6.45) is 6.22. The van der Waals surface area contributed by atoms with Gasteiger partial charge in [-0.25, -0.2) is 0 Å². The SMILES string of the molecule is N[C]1CCCC1C1CC(N)C1. The fourth-order valence-electron chi connectivity index (χ4n) is 2.47. The van der Waals surface area contributed by atoms with E-state index in [2.05, 4.69) is 0 Å². The average Bonchev–Trinajstić information content (AvgIpc) is 2.29. The summed E-state index contributed by atoms with van der Waals surface area (Å²) in [7, 11) is 0. The van der Waals surface area contributed by atoms with Crippen molar-refractivity contribution in [3.8, 4) is 0 Å². The van der Waals surface area contributed by atoms with Gasteiger partial charge in [0, 0.05) is 12.1 Å². The van der Waals surface area contributed by atoms with Crippen LogP contribution in [0.3, 0.4) is 0 Å². The van der Waals surface area contributed by atoms with Crippen molar-refractivity contribution < 1.29 is 0 Å². The monoisotopic (exact) mass is 153 g/mol. The van der Waals surface area contributed by atoms with Gasteiger partial charge in [-0.3, -0.25) is 0 Å². The van der Waals surface area contributed by atoms with Crippen molar-refractivity contribution in [3.05, 3.63) is 6.04 Å². The molecular formula is C9H17N2. The largest absolute Gasteiger partial charge is 0.328 e. The summed E-state index contributed by atoms with van der Waals surface area (Å²) >= 11 is 0. The van der Waals surface area contributed by atoms with Crippen molar-refractivity contribution in [3.63, 3.8) is 0 Å². The zero-order valence-corrected chi connectivity index (χ0v) is 6.92. The molecule has 2 aliphatic carbocycles. The lowest BCUT2D eigenvalue weighted by Crippen LogP contribution is -2.41. The Hall–Kier alpha value is -0.0800. The number of rotatable bonds is 1. The van der Waals surface area contributed by atoms with Gasteiger partial charge in [0.1, 0.15) is 0 Å². The van der Waals surface area contributed by atoms with Gasteiger partial charge in [-0.05, 0) is 37.5 Å². The summed E-state index contributed by atoms with van der Waals surface area (Å²) in [5.74, 6) is 1.57. The first-order valence-electron chi connectivity index (χ1n) is 4.64. The Balaban J connectivity index is 1.85. The second kappa shape index (κ2) is 2.76. The minimum Gasteiger partial charge on any atom is -0.328 e. The summed E-state index contributed by atoms with van der Waals surface area (Å²) in [5, 5.41) is 0. The van der Waals surface area contributed by atoms with E-state index in [0.717, 1.165) is 18.3 Å². The molecule has 0 bridgehead atoms. The van der Waals surface area contributed by atoms with Crippen LogP contribution in [0.5, 0.6) is 0 Å². The molecular weight excluding hydrogens is 136 g/mol. The highest BCUT2D eigenvalue weighted by Gasteiger charge is 2.38. The highest BCUT2D eigenvalue weighted by atomic mass is 14.7. The first-order chi connectivity index (χ1) is 5.27. The quantitative estimate of drug-likeness (QED) is 0.591. The maximum Gasteiger partial charge on any atom is 0.0370 e. The van der Waals surface area contributed by atoms with E-state index in [0.29, 0.717) is 6.04 Å². The number of hydrogen-bond acceptors (Lipinski definition) is 2. The molecule has 2 fully saturated rings. The lowest BCUT2D eigenvalue weighted by Gasteiger charge is -2.38. The Morgan fingerprint density at radius 1 is 1.27 bits per heavy atom. The normalized spacial score (nSPS) is 45.8. The molecule has 0 aromatic rings. The van der Waals surface area contributed by atoms with Gasteiger partial charge in [0.15, 0.2) is 0 Å². The van der Waals surface area contributed by atoms with Crippen LogP contribution >= 0.6 is 0 Å². The van der Waals surface area contributed by atoms with E-state index >= 15 is 0 Å². The molecule has 11 heavy (non-hydrogen) atoms. The van der Waals surface area contributed by atoms with Crippen LogP contribution < -0.4 is 11.5 Å². The van der Waals surface area contributed by atoms with Crippen LogP contribution in [0.25, 0.3) is 0 Å². The highest BCUT2D eigenvalue weighted by molar-refractivity contribution is 5.03. The van der Waals surface area contributed by atoms with Crippen LogP contribution in [-0.2, 0) is 0 Å². The molecule has 2 nitrogen and oxygen atoms in total. The van der Waals surface area contributed by atoms with Crippen molar-refractivity contribution in [2.75, 3.05) is 0 Å². The zero-order valence-electron chi connectivity index (χ0n) is 6.92. The standard InChI is InChI=1S/C9H17N2/c10-7-4-6(5-7)8-2-1-3-9(8)11/h6-8H,1-5,10-11H2. The summed E-state index contributed by atoms with van der Waals surface area (Å²) in [6.45, 7) is 0. The van der Waals surface area contributed by atoms with Crippen molar-refractivity contribution in [1.29, 1.82) is 0 Å². The molecule has 0 aromatic heterocycles. The van der Waals surface area contributed by atoms with Crippen LogP contribution in [0, 0.1) is 17.9 Å². The van der Waals surface area contributed by atoms with E-state index in [-0.39, 0.29) is 0 Å². The molecule has 4 N–H and O–H groups in total. The van der Waals surface area contributed by atoms with Gasteiger partial charge >= 0.3 is 0 Å². The smallest absolute Gasteiger partial charge is 0.0370 e. The van der Waals surface area contributed by atoms with E-state index < -0.39 is 0 Å². The van der Waals surface area contributed by atoms with Gasteiger partial charge in [-0.2, -0.15) is 0 Å². The van der Waals surface area contributed by atoms with Gasteiger partial charge in [-0.1, -0.05) is 6.42 Å². The molecule has 2 rings (SSSR count). The maximum absolute atomic E-state index is 5.91. The summed E-state index contributed by atoms with van der Waals surface area (Å²) < 4.78 is 0. The second-order valence-corrected chi connectivity index (χ2v) is 4.07. The van der Waals surface area contributed by atoms with Gasteiger partial charge in [0.25, 0.3) is 0 Å². The topological polar surface area (TPSA) is 52.0 Å². The van der Waals surface area contributed by atoms with Crippen molar-refractivity contribution in [1.82, 2.24) is 0 Å². The predicted octanol–water partition coefficient (Wildman–Crippen LogP) is 1.01. The van der Waals surface area contributed by atoms with Gasteiger partial charge < -0.3 is 11.5 Å². The minimum absolute atomic E-state index is 0.480. The molecule has 0 heterocycles. The lowest BCUT2D eigenvalue weighted by atomic mass is 9.71. The molecule has 0 aliphatic heterocycles. The molecule has 1 unspecified atom stereocenters. The maximum atomic E-state index is 5.91. The van der Waals surface area contributed by atoms with Crippen LogP contribution in [0.4, 0.5) is 0 Å². The third-order valence-corrected chi connectivity index (χ3v) is 3.24. The Morgan fingerprint density at radius 3 is 2.45 bits per heavy atom. The minimum atomic E-state index is 0.480. The van der Waals surface area contributed by atoms with E-state index in [4.69, 9.17) is 11.5 Å². The van der Waals surface area contributed by atoms with Crippen LogP contribution in [-0.4, -0.2) is 6.04 Å². The fourth-order valence-corrected chi connectivity index (χ4v) is 2.47. The second-order valence-electron chi connectivity index (χ2n) is 4.07. The molecule has 2 heteroatoms. The van der Waals surface area contributed by atoms with Crippen molar-refractivity contribution in [2.45, 2.75) is 38.1 Å². The van der Waals surface area contributed by atoms with Crippen LogP contribution in [0.2, 0.25) is 0 Å². The molecule has 2 saturated carbocycles. The van der Waals surface area contributed by atoms with E-state index in [1.807, 2.05) is 0 Å². The Bertz CT molecular complexity index is 140. The van der Waals surface area contributed by atoms with Crippen LogP contribution in [0.1, 0.15) is 32.1 Å². The Kier molecular flexibility index (Phi) is 1.90. The lowest BCUT2D eigenvalue weighted by molar-refractivity contribution is 0.187. The molecule has 1 radical (unpaired) electrons. The molecule has 0 spiro atoms. The predicted molar refractivity (Wildman–Crippen MR) is 45.5 cm³/mol.